The van der Waals surface area contributed by atoms with Gasteiger partial charge in [-0.1, -0.05) is 32.9 Å². The number of benzene rings is 1. The smallest absolute Gasteiger partial charge is 0.325 e. The number of amides is 4. The van der Waals surface area contributed by atoms with E-state index < -0.39 is 11.6 Å². The molecule has 1 aromatic carbocycles. The first kappa shape index (κ1) is 20.2. The zero-order chi connectivity index (χ0) is 20.5. The Balaban J connectivity index is 1.79. The Labute approximate surface area is 166 Å². The number of carbonyl (C=O) groups excluding carboxylic acids is 3. The highest BCUT2D eigenvalue weighted by molar-refractivity contribution is 6.09. The molecule has 0 aliphatic carbocycles. The van der Waals surface area contributed by atoms with Crippen molar-refractivity contribution >= 4 is 17.8 Å². The number of nitrogens with zero attached hydrogens (tertiary/aromatic N) is 2. The fourth-order valence-corrected chi connectivity index (χ4v) is 4.39. The molecule has 2 aliphatic heterocycles. The number of likely N-dealkylation sites (tertiary alicyclic amines) is 1. The number of rotatable bonds is 5. The minimum absolute atomic E-state index is 0.177. The van der Waals surface area contributed by atoms with E-state index in [9.17, 15) is 14.4 Å². The maximum Gasteiger partial charge on any atom is 0.325 e. The third-order valence-electron chi connectivity index (χ3n) is 5.80. The van der Waals surface area contributed by atoms with Crippen LogP contribution in [0.25, 0.3) is 0 Å². The highest BCUT2D eigenvalue weighted by Gasteiger charge is 2.52. The summed E-state index contributed by atoms with van der Waals surface area (Å²) in [6.45, 7) is 7.21. The molecule has 1 aromatic rings. The van der Waals surface area contributed by atoms with Crippen molar-refractivity contribution < 1.29 is 19.1 Å². The Hall–Kier alpha value is -2.57. The van der Waals surface area contributed by atoms with E-state index in [0.29, 0.717) is 42.7 Å². The number of nitrogens with one attached hydrogen (secondary N) is 1. The molecule has 152 valence electrons. The molecule has 2 saturated heterocycles. The molecule has 0 unspecified atom stereocenters. The second kappa shape index (κ2) is 7.81. The molecule has 3 rings (SSSR count). The van der Waals surface area contributed by atoms with Crippen LogP contribution in [0.15, 0.2) is 24.3 Å². The van der Waals surface area contributed by atoms with Crippen molar-refractivity contribution in [3.8, 4) is 5.75 Å². The lowest BCUT2D eigenvalue weighted by Gasteiger charge is -2.35. The van der Waals surface area contributed by atoms with Crippen LogP contribution in [0.4, 0.5) is 4.79 Å². The number of methoxy groups -OCH3 is 1. The van der Waals surface area contributed by atoms with Crippen LogP contribution in [0.3, 0.4) is 0 Å². The van der Waals surface area contributed by atoms with Gasteiger partial charge in [0.15, 0.2) is 0 Å². The summed E-state index contributed by atoms with van der Waals surface area (Å²) < 4.78 is 5.17. The standard InChI is InChI=1S/C21H29N3O4/c1-5-21(16-6-8-17(28-4)9-7-16)19(26)24(20(27)22-21)13-18(25)23-11-14(2)10-15(3)12-23/h6-9,14-15H,5,10-13H2,1-4H3,(H,22,27)/t14-,15+,21-/m0/s1. The predicted molar refractivity (Wildman–Crippen MR) is 105 cm³/mol. The highest BCUT2D eigenvalue weighted by Crippen LogP contribution is 2.33. The quantitative estimate of drug-likeness (QED) is 0.787. The second-order valence-electron chi connectivity index (χ2n) is 8.05. The zero-order valence-electron chi connectivity index (χ0n) is 17.0. The lowest BCUT2D eigenvalue weighted by atomic mass is 9.87. The molecule has 0 bridgehead atoms. The second-order valence-corrected chi connectivity index (χ2v) is 8.05. The molecule has 0 spiro atoms. The Bertz CT molecular complexity index is 753. The molecule has 2 fully saturated rings. The number of hydrogen-bond acceptors (Lipinski definition) is 4. The van der Waals surface area contributed by atoms with Crippen LogP contribution in [0, 0.1) is 11.8 Å². The average molecular weight is 387 g/mol. The minimum Gasteiger partial charge on any atom is -0.497 e. The Morgan fingerprint density at radius 1 is 1.18 bits per heavy atom. The van der Waals surface area contributed by atoms with Crippen LogP contribution in [-0.2, 0) is 15.1 Å². The van der Waals surface area contributed by atoms with Gasteiger partial charge in [-0.15, -0.1) is 0 Å². The van der Waals surface area contributed by atoms with Crippen molar-refractivity contribution in [2.24, 2.45) is 11.8 Å². The molecule has 2 aliphatic rings. The Morgan fingerprint density at radius 3 is 2.32 bits per heavy atom. The van der Waals surface area contributed by atoms with E-state index >= 15 is 0 Å². The molecule has 0 aromatic heterocycles. The normalized spacial score (nSPS) is 27.7. The van der Waals surface area contributed by atoms with Crippen molar-refractivity contribution in [2.45, 2.75) is 39.2 Å². The molecule has 1 N–H and O–H groups in total. The number of urea groups is 1. The van der Waals surface area contributed by atoms with Crippen molar-refractivity contribution in [3.63, 3.8) is 0 Å². The van der Waals surface area contributed by atoms with Crippen LogP contribution in [0.5, 0.6) is 5.75 Å². The molecular weight excluding hydrogens is 358 g/mol. The first-order valence-corrected chi connectivity index (χ1v) is 9.87. The number of imide groups is 1. The van der Waals surface area contributed by atoms with E-state index in [1.807, 2.05) is 6.92 Å². The molecule has 28 heavy (non-hydrogen) atoms. The van der Waals surface area contributed by atoms with Crippen molar-refractivity contribution in [2.75, 3.05) is 26.7 Å². The summed E-state index contributed by atoms with van der Waals surface area (Å²) in [5, 5.41) is 2.82. The van der Waals surface area contributed by atoms with Crippen molar-refractivity contribution in [1.82, 2.24) is 15.1 Å². The third kappa shape index (κ3) is 3.57. The predicted octanol–water partition coefficient (Wildman–Crippen LogP) is 2.36. The maximum atomic E-state index is 13.2. The largest absolute Gasteiger partial charge is 0.497 e. The SMILES string of the molecule is CC[C@@]1(c2ccc(OC)cc2)NC(=O)N(CC(=O)N2C[C@H](C)C[C@H](C)C2)C1=O. The van der Waals surface area contributed by atoms with Gasteiger partial charge in [-0.2, -0.15) is 0 Å². The Morgan fingerprint density at radius 2 is 1.79 bits per heavy atom. The van der Waals surface area contributed by atoms with Gasteiger partial charge in [-0.05, 0) is 42.4 Å². The van der Waals surface area contributed by atoms with Crippen LogP contribution in [-0.4, -0.2) is 54.4 Å². The summed E-state index contributed by atoms with van der Waals surface area (Å²) >= 11 is 0. The van der Waals surface area contributed by atoms with Gasteiger partial charge in [0, 0.05) is 13.1 Å². The average Bonchev–Trinajstić information content (AvgIpc) is 2.92. The maximum absolute atomic E-state index is 13.2. The minimum atomic E-state index is -1.15. The lowest BCUT2D eigenvalue weighted by Crippen LogP contribution is -2.49. The van der Waals surface area contributed by atoms with Gasteiger partial charge >= 0.3 is 6.03 Å². The third-order valence-corrected chi connectivity index (χ3v) is 5.80. The van der Waals surface area contributed by atoms with E-state index in [-0.39, 0.29) is 18.4 Å². The lowest BCUT2D eigenvalue weighted by molar-refractivity contribution is -0.140. The van der Waals surface area contributed by atoms with Gasteiger partial charge in [-0.3, -0.25) is 14.5 Å². The number of ether oxygens (including phenoxy) is 1. The van der Waals surface area contributed by atoms with E-state index in [1.54, 1.807) is 36.3 Å². The fourth-order valence-electron chi connectivity index (χ4n) is 4.39. The van der Waals surface area contributed by atoms with Crippen LogP contribution < -0.4 is 10.1 Å². The van der Waals surface area contributed by atoms with E-state index in [2.05, 4.69) is 19.2 Å². The van der Waals surface area contributed by atoms with Crippen molar-refractivity contribution in [1.29, 1.82) is 0 Å². The first-order valence-electron chi connectivity index (χ1n) is 9.87. The van der Waals surface area contributed by atoms with Crippen LogP contribution in [0.2, 0.25) is 0 Å². The molecule has 2 heterocycles. The van der Waals surface area contributed by atoms with E-state index in [0.717, 1.165) is 11.3 Å². The summed E-state index contributed by atoms with van der Waals surface area (Å²) in [7, 11) is 1.57. The molecule has 3 atom stereocenters. The molecule has 7 nitrogen and oxygen atoms in total. The summed E-state index contributed by atoms with van der Waals surface area (Å²) in [6, 6.07) is 6.56. The summed E-state index contributed by atoms with van der Waals surface area (Å²) in [5.74, 6) is 0.960. The number of piperidine rings is 1. The zero-order valence-corrected chi connectivity index (χ0v) is 17.0. The summed E-state index contributed by atoms with van der Waals surface area (Å²) in [5.41, 5.74) is -0.462. The molecule has 0 radical (unpaired) electrons. The monoisotopic (exact) mass is 387 g/mol. The van der Waals surface area contributed by atoms with Crippen LogP contribution >= 0.6 is 0 Å². The van der Waals surface area contributed by atoms with Crippen molar-refractivity contribution in [3.05, 3.63) is 29.8 Å². The van der Waals surface area contributed by atoms with Gasteiger partial charge in [0.25, 0.3) is 5.91 Å². The van der Waals surface area contributed by atoms with Gasteiger partial charge in [0.1, 0.15) is 17.8 Å². The molecule has 7 heteroatoms. The van der Waals surface area contributed by atoms with Crippen LogP contribution in [0.1, 0.15) is 39.2 Å². The highest BCUT2D eigenvalue weighted by atomic mass is 16.5. The number of carbonyl (C=O) groups is 3. The van der Waals surface area contributed by atoms with Gasteiger partial charge in [0.05, 0.1) is 7.11 Å². The first-order chi connectivity index (χ1) is 13.3. The van der Waals surface area contributed by atoms with Gasteiger partial charge in [0.2, 0.25) is 5.91 Å². The van der Waals surface area contributed by atoms with Gasteiger partial charge in [-0.25, -0.2) is 4.79 Å². The molecule has 4 amide bonds. The van der Waals surface area contributed by atoms with Gasteiger partial charge < -0.3 is 15.0 Å². The fraction of sp³-hybridized carbons (Fsp3) is 0.571. The Kier molecular flexibility index (Phi) is 5.63. The topological polar surface area (TPSA) is 79.0 Å². The molecular formula is C21H29N3O4. The number of hydrogen-bond donors (Lipinski definition) is 1. The summed E-state index contributed by atoms with van der Waals surface area (Å²) in [6.07, 6.45) is 1.48. The van der Waals surface area contributed by atoms with E-state index in [1.165, 1.54) is 0 Å². The molecule has 0 saturated carbocycles. The van der Waals surface area contributed by atoms with E-state index in [4.69, 9.17) is 4.74 Å². The summed E-state index contributed by atoms with van der Waals surface area (Å²) in [4.78, 5) is 41.4.